The van der Waals surface area contributed by atoms with Gasteiger partial charge in [0, 0.05) is 24.7 Å². The summed E-state index contributed by atoms with van der Waals surface area (Å²) >= 11 is 0. The fourth-order valence-corrected chi connectivity index (χ4v) is 3.92. The molecule has 1 amide bonds. The average molecular weight is 354 g/mol. The maximum atomic E-state index is 12.7. The largest absolute Gasteiger partial charge is 0.374 e. The summed E-state index contributed by atoms with van der Waals surface area (Å²) in [4.78, 5) is 14.6. The van der Waals surface area contributed by atoms with Gasteiger partial charge in [0.25, 0.3) is 5.91 Å². The van der Waals surface area contributed by atoms with Gasteiger partial charge in [0.1, 0.15) is 0 Å². The highest BCUT2D eigenvalue weighted by Gasteiger charge is 2.27. The van der Waals surface area contributed by atoms with Crippen LogP contribution in [0.2, 0.25) is 0 Å². The molecule has 7 heteroatoms. The Labute approximate surface area is 144 Å². The first-order chi connectivity index (χ1) is 11.2. The zero-order valence-corrected chi connectivity index (χ0v) is 15.5. The fourth-order valence-electron chi connectivity index (χ4n) is 2.62. The van der Waals surface area contributed by atoms with E-state index in [1.54, 1.807) is 30.9 Å². The van der Waals surface area contributed by atoms with E-state index in [4.69, 9.17) is 4.74 Å². The van der Waals surface area contributed by atoms with Crippen molar-refractivity contribution in [1.29, 1.82) is 0 Å². The highest BCUT2D eigenvalue weighted by molar-refractivity contribution is 7.89. The average Bonchev–Trinajstić information content (AvgIpc) is 2.53. The molecule has 1 atom stereocenters. The number of hydrogen-bond donors (Lipinski definition) is 1. The number of morpholine rings is 1. The number of hydrogen-bond acceptors (Lipinski definition) is 4. The molecule has 0 aliphatic carbocycles. The molecular formula is C17H26N2O4S. The molecule has 134 valence electrons. The smallest absolute Gasteiger partial charge is 0.254 e. The van der Waals surface area contributed by atoms with Crippen LogP contribution in [0.3, 0.4) is 0 Å². The molecule has 1 aliphatic heterocycles. The molecule has 1 unspecified atom stereocenters. The molecule has 1 saturated heterocycles. The summed E-state index contributed by atoms with van der Waals surface area (Å²) in [5.41, 5.74) is 0.381. The van der Waals surface area contributed by atoms with E-state index in [2.05, 4.69) is 18.6 Å². The van der Waals surface area contributed by atoms with E-state index in [-0.39, 0.29) is 22.9 Å². The Bertz CT molecular complexity index is 686. The molecular weight excluding hydrogens is 328 g/mol. The number of carbonyl (C=O) groups is 1. The molecule has 0 radical (unpaired) electrons. The summed E-state index contributed by atoms with van der Waals surface area (Å²) < 4.78 is 32.8. The Hall–Kier alpha value is -1.44. The van der Waals surface area contributed by atoms with Crippen LogP contribution in [0.5, 0.6) is 0 Å². The van der Waals surface area contributed by atoms with Gasteiger partial charge in [-0.05, 0) is 38.0 Å². The van der Waals surface area contributed by atoms with Crippen molar-refractivity contribution in [2.45, 2.75) is 44.7 Å². The van der Waals surface area contributed by atoms with Crippen LogP contribution in [-0.2, 0) is 14.8 Å². The monoisotopic (exact) mass is 354 g/mol. The summed E-state index contributed by atoms with van der Waals surface area (Å²) in [6.45, 7) is 9.17. The van der Waals surface area contributed by atoms with Crippen molar-refractivity contribution >= 4 is 15.9 Å². The first-order valence-electron chi connectivity index (χ1n) is 8.24. The van der Waals surface area contributed by atoms with E-state index in [1.807, 2.05) is 0 Å². The summed E-state index contributed by atoms with van der Waals surface area (Å²) in [5, 5.41) is 0. The van der Waals surface area contributed by atoms with Crippen LogP contribution in [0, 0.1) is 5.92 Å². The van der Waals surface area contributed by atoms with Crippen molar-refractivity contribution in [2.75, 3.05) is 19.7 Å². The van der Waals surface area contributed by atoms with Gasteiger partial charge in [0.05, 0.1) is 17.6 Å². The minimum Gasteiger partial charge on any atom is -0.374 e. The maximum Gasteiger partial charge on any atom is 0.254 e. The van der Waals surface area contributed by atoms with Crippen molar-refractivity contribution in [3.63, 3.8) is 0 Å². The minimum atomic E-state index is -3.62. The number of nitrogens with one attached hydrogen (secondary N) is 1. The second-order valence-electron chi connectivity index (χ2n) is 6.71. The van der Waals surface area contributed by atoms with Gasteiger partial charge >= 0.3 is 0 Å². The Morgan fingerprint density at radius 3 is 2.62 bits per heavy atom. The molecule has 1 N–H and O–H groups in total. The first kappa shape index (κ1) is 18.9. The van der Waals surface area contributed by atoms with Gasteiger partial charge in [-0.3, -0.25) is 4.79 Å². The van der Waals surface area contributed by atoms with Gasteiger partial charge in [-0.15, -0.1) is 0 Å². The fraction of sp³-hybridized carbons (Fsp3) is 0.588. The van der Waals surface area contributed by atoms with Crippen molar-refractivity contribution < 1.29 is 17.9 Å². The first-order valence-corrected chi connectivity index (χ1v) is 9.72. The zero-order chi connectivity index (χ0) is 17.9. The lowest BCUT2D eigenvalue weighted by Crippen LogP contribution is -2.47. The van der Waals surface area contributed by atoms with Crippen LogP contribution < -0.4 is 4.72 Å². The Morgan fingerprint density at radius 2 is 2.00 bits per heavy atom. The number of nitrogens with zero attached hydrogens (tertiary/aromatic N) is 1. The lowest BCUT2D eigenvalue weighted by molar-refractivity contribution is -0.0420. The molecule has 2 rings (SSSR count). The molecule has 6 nitrogen and oxygen atoms in total. The molecule has 0 bridgehead atoms. The predicted octanol–water partition coefficient (Wildman–Crippen LogP) is 1.87. The Morgan fingerprint density at radius 1 is 1.29 bits per heavy atom. The lowest BCUT2D eigenvalue weighted by Gasteiger charge is -2.35. The van der Waals surface area contributed by atoms with Crippen molar-refractivity contribution in [3.8, 4) is 0 Å². The summed E-state index contributed by atoms with van der Waals surface area (Å²) in [6.07, 6.45) is 0.0113. The van der Waals surface area contributed by atoms with E-state index >= 15 is 0 Å². The van der Waals surface area contributed by atoms with Gasteiger partial charge < -0.3 is 9.64 Å². The van der Waals surface area contributed by atoms with Gasteiger partial charge in [0.15, 0.2) is 0 Å². The number of sulfonamides is 1. The van der Waals surface area contributed by atoms with Crippen molar-refractivity contribution in [1.82, 2.24) is 9.62 Å². The molecule has 1 fully saturated rings. The molecule has 1 aromatic carbocycles. The van der Waals surface area contributed by atoms with Crippen molar-refractivity contribution in [2.24, 2.45) is 5.92 Å². The summed E-state index contributed by atoms with van der Waals surface area (Å²) in [5.74, 6) is 0.160. The standard InChI is InChI=1S/C17H26N2O4S/c1-12(2)16-11-19(8-9-23-16)17(20)14-6-5-7-15(10-14)24(21,22)18-13(3)4/h5-7,10,12-13,16,18H,8-9,11H2,1-4H3. The van der Waals surface area contributed by atoms with Crippen LogP contribution >= 0.6 is 0 Å². The summed E-state index contributed by atoms with van der Waals surface area (Å²) in [7, 11) is -3.62. The lowest BCUT2D eigenvalue weighted by atomic mass is 10.0. The predicted molar refractivity (Wildman–Crippen MR) is 92.4 cm³/mol. The van der Waals surface area contributed by atoms with Crippen LogP contribution in [0.1, 0.15) is 38.1 Å². The third-order valence-electron chi connectivity index (χ3n) is 3.91. The van der Waals surface area contributed by atoms with Gasteiger partial charge in [-0.2, -0.15) is 0 Å². The highest BCUT2D eigenvalue weighted by atomic mass is 32.2. The minimum absolute atomic E-state index is 0.0113. The normalized spacial score (nSPS) is 19.1. The molecule has 1 aromatic rings. The molecule has 0 saturated carbocycles. The van der Waals surface area contributed by atoms with E-state index in [1.165, 1.54) is 12.1 Å². The van der Waals surface area contributed by atoms with E-state index in [9.17, 15) is 13.2 Å². The molecule has 24 heavy (non-hydrogen) atoms. The van der Waals surface area contributed by atoms with Gasteiger partial charge in [-0.25, -0.2) is 13.1 Å². The zero-order valence-electron chi connectivity index (χ0n) is 14.7. The van der Waals surface area contributed by atoms with Crippen LogP contribution in [0.4, 0.5) is 0 Å². The number of carbonyl (C=O) groups excluding carboxylic acids is 1. The van der Waals surface area contributed by atoms with E-state index in [0.29, 0.717) is 31.2 Å². The van der Waals surface area contributed by atoms with Crippen LogP contribution in [0.25, 0.3) is 0 Å². The number of amides is 1. The second-order valence-corrected chi connectivity index (χ2v) is 8.42. The van der Waals surface area contributed by atoms with E-state index in [0.717, 1.165) is 0 Å². The SMILES string of the molecule is CC(C)NS(=O)(=O)c1cccc(C(=O)N2CCOC(C(C)C)C2)c1. The van der Waals surface area contributed by atoms with Crippen LogP contribution in [0.15, 0.2) is 29.2 Å². The Balaban J connectivity index is 2.20. The number of ether oxygens (including phenoxy) is 1. The molecule has 1 heterocycles. The third kappa shape index (κ3) is 4.55. The quantitative estimate of drug-likeness (QED) is 0.876. The highest BCUT2D eigenvalue weighted by Crippen LogP contribution is 2.18. The Kier molecular flexibility index (Phi) is 6.01. The van der Waals surface area contributed by atoms with Gasteiger partial charge in [0.2, 0.25) is 10.0 Å². The summed E-state index contributed by atoms with van der Waals surface area (Å²) in [6, 6.07) is 5.98. The van der Waals surface area contributed by atoms with Crippen molar-refractivity contribution in [3.05, 3.63) is 29.8 Å². The molecule has 0 aromatic heterocycles. The van der Waals surface area contributed by atoms with Gasteiger partial charge in [-0.1, -0.05) is 19.9 Å². The van der Waals surface area contributed by atoms with Crippen LogP contribution in [-0.4, -0.2) is 51.1 Å². The third-order valence-corrected chi connectivity index (χ3v) is 5.56. The topological polar surface area (TPSA) is 75.7 Å². The maximum absolute atomic E-state index is 12.7. The number of rotatable bonds is 5. The molecule has 0 spiro atoms. The van der Waals surface area contributed by atoms with E-state index < -0.39 is 10.0 Å². The second kappa shape index (κ2) is 7.63. The molecule has 1 aliphatic rings. The number of benzene rings is 1.